The number of fused-ring (bicyclic) bond motifs is 1. The maximum absolute atomic E-state index is 13.7. The molecule has 0 bridgehead atoms. The minimum atomic E-state index is -4.61. The normalized spacial score (nSPS) is 17.5. The van der Waals surface area contributed by atoms with E-state index in [9.17, 15) is 18.0 Å². The summed E-state index contributed by atoms with van der Waals surface area (Å²) in [5.74, 6) is -0.110. The fourth-order valence-electron chi connectivity index (χ4n) is 3.84. The summed E-state index contributed by atoms with van der Waals surface area (Å²) in [6.07, 6.45) is -0.369. The number of benzene rings is 1. The average Bonchev–Trinajstić information content (AvgIpc) is 3.10. The predicted molar refractivity (Wildman–Crippen MR) is 110 cm³/mol. The number of rotatable bonds is 3. The molecule has 3 aromatic rings. The van der Waals surface area contributed by atoms with Crippen LogP contribution in [0, 0.1) is 0 Å². The topological polar surface area (TPSA) is 50.5 Å². The van der Waals surface area contributed by atoms with Gasteiger partial charge >= 0.3 is 6.18 Å². The van der Waals surface area contributed by atoms with E-state index in [4.69, 9.17) is 0 Å². The van der Waals surface area contributed by atoms with Gasteiger partial charge in [-0.2, -0.15) is 18.3 Å². The van der Waals surface area contributed by atoms with E-state index >= 15 is 0 Å². The maximum Gasteiger partial charge on any atom is 0.433 e. The van der Waals surface area contributed by atoms with Crippen molar-refractivity contribution in [2.75, 3.05) is 6.54 Å². The summed E-state index contributed by atoms with van der Waals surface area (Å²) >= 11 is 3.32. The van der Waals surface area contributed by atoms with Crippen molar-refractivity contribution in [3.05, 3.63) is 52.3 Å². The van der Waals surface area contributed by atoms with E-state index in [-0.39, 0.29) is 29.7 Å². The third-order valence-electron chi connectivity index (χ3n) is 5.44. The molecule has 0 saturated carbocycles. The molecular weight excluding hydrogens is 461 g/mol. The van der Waals surface area contributed by atoms with Crippen LogP contribution in [-0.4, -0.2) is 38.0 Å². The Balaban J connectivity index is 1.77. The Morgan fingerprint density at radius 3 is 2.63 bits per heavy atom. The zero-order valence-corrected chi connectivity index (χ0v) is 17.9. The minimum Gasteiger partial charge on any atom is -0.340 e. The van der Waals surface area contributed by atoms with Gasteiger partial charge in [-0.05, 0) is 44.4 Å². The molecule has 1 atom stereocenters. The number of nitrogens with zero attached hydrogens (tertiary/aromatic N) is 4. The quantitative estimate of drug-likeness (QED) is 0.522. The summed E-state index contributed by atoms with van der Waals surface area (Å²) in [5.41, 5.74) is 0.260. The van der Waals surface area contributed by atoms with Crippen molar-refractivity contribution < 1.29 is 18.0 Å². The van der Waals surface area contributed by atoms with Crippen LogP contribution < -0.4 is 0 Å². The Kier molecular flexibility index (Phi) is 5.57. The lowest BCUT2D eigenvalue weighted by atomic mass is 10.0. The number of halogens is 4. The molecule has 1 aliphatic rings. The highest BCUT2D eigenvalue weighted by molar-refractivity contribution is 9.10. The first-order valence-corrected chi connectivity index (χ1v) is 10.5. The second kappa shape index (κ2) is 8.02. The molecule has 3 heterocycles. The first kappa shape index (κ1) is 20.8. The molecule has 1 aliphatic heterocycles. The van der Waals surface area contributed by atoms with Crippen molar-refractivity contribution in [3.63, 3.8) is 0 Å². The lowest BCUT2D eigenvalue weighted by molar-refractivity contribution is -0.142. The van der Waals surface area contributed by atoms with Gasteiger partial charge in [0, 0.05) is 28.2 Å². The van der Waals surface area contributed by atoms with Crippen LogP contribution in [0.15, 0.2) is 41.0 Å². The highest BCUT2D eigenvalue weighted by Gasteiger charge is 2.36. The lowest BCUT2D eigenvalue weighted by Gasteiger charge is -2.33. The van der Waals surface area contributed by atoms with Gasteiger partial charge < -0.3 is 4.90 Å². The molecule has 1 unspecified atom stereocenters. The van der Waals surface area contributed by atoms with Gasteiger partial charge in [0.15, 0.2) is 11.3 Å². The van der Waals surface area contributed by atoms with E-state index in [1.807, 2.05) is 6.92 Å². The van der Waals surface area contributed by atoms with Crippen LogP contribution in [0.25, 0.3) is 16.9 Å². The Bertz CT molecular complexity index is 1080. The highest BCUT2D eigenvalue weighted by Crippen LogP contribution is 2.33. The van der Waals surface area contributed by atoms with Gasteiger partial charge in [0.25, 0.3) is 0 Å². The lowest BCUT2D eigenvalue weighted by Crippen LogP contribution is -2.42. The predicted octanol–water partition coefficient (Wildman–Crippen LogP) is 5.12. The smallest absolute Gasteiger partial charge is 0.340 e. The fraction of sp³-hybridized carbons (Fsp3) is 0.381. The number of piperidine rings is 1. The largest absolute Gasteiger partial charge is 0.433 e. The molecule has 4 rings (SSSR count). The third kappa shape index (κ3) is 4.08. The van der Waals surface area contributed by atoms with Gasteiger partial charge in [0.05, 0.1) is 18.3 Å². The van der Waals surface area contributed by atoms with Crippen LogP contribution in [0.3, 0.4) is 0 Å². The Hall–Kier alpha value is -2.42. The van der Waals surface area contributed by atoms with Crippen molar-refractivity contribution in [3.8, 4) is 11.3 Å². The molecule has 5 nitrogen and oxygen atoms in total. The van der Waals surface area contributed by atoms with Crippen LogP contribution in [0.2, 0.25) is 0 Å². The molecule has 0 aliphatic carbocycles. The minimum absolute atomic E-state index is 0.0259. The van der Waals surface area contributed by atoms with E-state index < -0.39 is 11.9 Å². The van der Waals surface area contributed by atoms with Gasteiger partial charge in [-0.25, -0.2) is 9.50 Å². The summed E-state index contributed by atoms with van der Waals surface area (Å²) in [7, 11) is 0. The SMILES string of the molecule is CC1CCCCN1C(=O)Cc1cnn2c(C(F)(F)F)cc(-c3ccc(Br)cc3)nc12. The van der Waals surface area contributed by atoms with Crippen LogP contribution in [-0.2, 0) is 17.4 Å². The summed E-state index contributed by atoms with van der Waals surface area (Å²) in [6.45, 7) is 2.67. The van der Waals surface area contributed by atoms with Crippen molar-refractivity contribution in [1.82, 2.24) is 19.5 Å². The molecule has 0 radical (unpaired) electrons. The average molecular weight is 481 g/mol. The molecule has 158 valence electrons. The zero-order chi connectivity index (χ0) is 21.5. The summed E-state index contributed by atoms with van der Waals surface area (Å²) < 4.78 is 42.8. The second-order valence-corrected chi connectivity index (χ2v) is 8.46. The Labute approximate surface area is 180 Å². The van der Waals surface area contributed by atoms with Crippen molar-refractivity contribution >= 4 is 27.5 Å². The number of alkyl halides is 3. The van der Waals surface area contributed by atoms with Gasteiger partial charge in [-0.1, -0.05) is 28.1 Å². The van der Waals surface area contributed by atoms with Crippen LogP contribution in [0.4, 0.5) is 13.2 Å². The second-order valence-electron chi connectivity index (χ2n) is 7.55. The third-order valence-corrected chi connectivity index (χ3v) is 5.97. The van der Waals surface area contributed by atoms with Gasteiger partial charge in [-0.15, -0.1) is 0 Å². The van der Waals surface area contributed by atoms with Crippen LogP contribution >= 0.6 is 15.9 Å². The van der Waals surface area contributed by atoms with E-state index in [2.05, 4.69) is 26.0 Å². The number of hydrogen-bond donors (Lipinski definition) is 0. The van der Waals surface area contributed by atoms with Gasteiger partial charge in [-0.3, -0.25) is 4.79 Å². The van der Waals surface area contributed by atoms with Crippen molar-refractivity contribution in [1.29, 1.82) is 0 Å². The van der Waals surface area contributed by atoms with Crippen LogP contribution in [0.1, 0.15) is 37.4 Å². The Morgan fingerprint density at radius 2 is 1.97 bits per heavy atom. The first-order valence-electron chi connectivity index (χ1n) is 9.74. The van der Waals surface area contributed by atoms with Crippen molar-refractivity contribution in [2.45, 2.75) is 44.8 Å². The Morgan fingerprint density at radius 1 is 1.23 bits per heavy atom. The van der Waals surface area contributed by atoms with E-state index in [1.54, 1.807) is 29.2 Å². The number of aromatic nitrogens is 3. The monoisotopic (exact) mass is 480 g/mol. The number of carbonyl (C=O) groups is 1. The molecule has 1 fully saturated rings. The molecular formula is C21H20BrF3N4O. The summed E-state index contributed by atoms with van der Waals surface area (Å²) in [5, 5.41) is 3.91. The molecule has 0 N–H and O–H groups in total. The molecule has 1 aromatic carbocycles. The molecule has 0 spiro atoms. The number of amides is 1. The van der Waals surface area contributed by atoms with E-state index in [1.165, 1.54) is 6.20 Å². The van der Waals surface area contributed by atoms with Gasteiger partial charge in [0.2, 0.25) is 5.91 Å². The summed E-state index contributed by atoms with van der Waals surface area (Å²) in [6, 6.07) is 7.99. The zero-order valence-electron chi connectivity index (χ0n) is 16.3. The molecule has 1 saturated heterocycles. The fourth-order valence-corrected chi connectivity index (χ4v) is 4.10. The first-order chi connectivity index (χ1) is 14.2. The van der Waals surface area contributed by atoms with Crippen molar-refractivity contribution in [2.24, 2.45) is 0 Å². The number of likely N-dealkylation sites (tertiary alicyclic amines) is 1. The summed E-state index contributed by atoms with van der Waals surface area (Å²) in [4.78, 5) is 19.1. The number of carbonyl (C=O) groups excluding carboxylic acids is 1. The molecule has 30 heavy (non-hydrogen) atoms. The molecule has 2 aromatic heterocycles. The standard InChI is InChI=1S/C21H20BrF3N4O/c1-13-4-2-3-9-28(13)19(30)10-15-12-26-29-18(21(23,24)25)11-17(27-20(15)29)14-5-7-16(22)8-6-14/h5-8,11-13H,2-4,9-10H2,1H3. The maximum atomic E-state index is 13.7. The van der Waals surface area contributed by atoms with E-state index in [0.717, 1.165) is 34.3 Å². The number of hydrogen-bond acceptors (Lipinski definition) is 3. The van der Waals surface area contributed by atoms with E-state index in [0.29, 0.717) is 17.7 Å². The highest BCUT2D eigenvalue weighted by atomic mass is 79.9. The van der Waals surface area contributed by atoms with Crippen LogP contribution in [0.5, 0.6) is 0 Å². The van der Waals surface area contributed by atoms with Gasteiger partial charge in [0.1, 0.15) is 0 Å². The molecule has 9 heteroatoms. The molecule has 1 amide bonds.